The number of rotatable bonds is 4. The number of benzene rings is 2. The summed E-state index contributed by atoms with van der Waals surface area (Å²) in [5, 5.41) is 3.64. The smallest absolute Gasteiger partial charge is 0.255 e. The summed E-state index contributed by atoms with van der Waals surface area (Å²) in [6, 6.07) is 16.2. The van der Waals surface area contributed by atoms with Gasteiger partial charge in [0.2, 0.25) is 5.91 Å². The molecule has 0 radical (unpaired) electrons. The summed E-state index contributed by atoms with van der Waals surface area (Å²) in [6.07, 6.45) is 2.84. The lowest BCUT2D eigenvalue weighted by Crippen LogP contribution is -2.11. The lowest BCUT2D eigenvalue weighted by molar-refractivity contribution is -0.111. The molecule has 0 unspecified atom stereocenters. The SMILES string of the molecule is COc1ccc(NC(=O)/C=C/c2cc3ccccc3[nH]c2=O)cc1. The van der Waals surface area contributed by atoms with E-state index in [1.165, 1.54) is 12.2 Å². The molecule has 5 nitrogen and oxygen atoms in total. The third-order valence-corrected chi connectivity index (χ3v) is 3.55. The molecular formula is C19H16N2O3. The van der Waals surface area contributed by atoms with E-state index in [1.807, 2.05) is 24.3 Å². The van der Waals surface area contributed by atoms with Crippen LogP contribution in [0.1, 0.15) is 5.56 Å². The maximum absolute atomic E-state index is 12.0. The van der Waals surface area contributed by atoms with E-state index in [0.717, 1.165) is 10.9 Å². The molecule has 0 aliphatic carbocycles. The van der Waals surface area contributed by atoms with E-state index in [4.69, 9.17) is 4.74 Å². The number of anilines is 1. The van der Waals surface area contributed by atoms with Crippen LogP contribution >= 0.6 is 0 Å². The minimum Gasteiger partial charge on any atom is -0.497 e. The molecule has 2 N–H and O–H groups in total. The van der Waals surface area contributed by atoms with Crippen molar-refractivity contribution in [2.24, 2.45) is 0 Å². The van der Waals surface area contributed by atoms with Crippen LogP contribution in [0.5, 0.6) is 5.75 Å². The molecule has 5 heteroatoms. The molecule has 0 atom stereocenters. The van der Waals surface area contributed by atoms with E-state index in [9.17, 15) is 9.59 Å². The van der Waals surface area contributed by atoms with Crippen molar-refractivity contribution < 1.29 is 9.53 Å². The molecule has 0 spiro atoms. The van der Waals surface area contributed by atoms with Crippen molar-refractivity contribution in [3.63, 3.8) is 0 Å². The Balaban J connectivity index is 1.76. The Morgan fingerprint density at radius 1 is 1.12 bits per heavy atom. The molecule has 0 saturated carbocycles. The molecule has 1 heterocycles. The van der Waals surface area contributed by atoms with E-state index >= 15 is 0 Å². The molecule has 1 amide bonds. The molecule has 3 aromatic rings. The van der Waals surface area contributed by atoms with Crippen LogP contribution in [0.15, 0.2) is 65.5 Å². The summed E-state index contributed by atoms with van der Waals surface area (Å²) < 4.78 is 5.06. The van der Waals surface area contributed by atoms with Crippen molar-refractivity contribution in [1.29, 1.82) is 0 Å². The molecule has 24 heavy (non-hydrogen) atoms. The first-order valence-electron chi connectivity index (χ1n) is 7.41. The van der Waals surface area contributed by atoms with Gasteiger partial charge in [-0.25, -0.2) is 0 Å². The normalized spacial score (nSPS) is 10.9. The van der Waals surface area contributed by atoms with E-state index in [2.05, 4.69) is 10.3 Å². The number of amides is 1. The second-order valence-corrected chi connectivity index (χ2v) is 5.19. The van der Waals surface area contributed by atoms with Crippen LogP contribution in [-0.2, 0) is 4.79 Å². The molecule has 0 fully saturated rings. The van der Waals surface area contributed by atoms with E-state index in [-0.39, 0.29) is 11.5 Å². The number of pyridine rings is 1. The first kappa shape index (κ1) is 15.6. The van der Waals surface area contributed by atoms with Crippen molar-refractivity contribution in [2.75, 3.05) is 12.4 Å². The number of hydrogen-bond acceptors (Lipinski definition) is 3. The van der Waals surface area contributed by atoms with Gasteiger partial charge in [-0.15, -0.1) is 0 Å². The Morgan fingerprint density at radius 2 is 1.88 bits per heavy atom. The summed E-state index contributed by atoms with van der Waals surface area (Å²) in [6.45, 7) is 0. The van der Waals surface area contributed by atoms with Crippen LogP contribution in [0.25, 0.3) is 17.0 Å². The fourth-order valence-electron chi connectivity index (χ4n) is 2.31. The fraction of sp³-hybridized carbons (Fsp3) is 0.0526. The quantitative estimate of drug-likeness (QED) is 0.725. The van der Waals surface area contributed by atoms with Crippen molar-refractivity contribution >= 4 is 28.6 Å². The van der Waals surface area contributed by atoms with Crippen LogP contribution in [-0.4, -0.2) is 18.0 Å². The number of H-pyrrole nitrogens is 1. The third-order valence-electron chi connectivity index (χ3n) is 3.55. The lowest BCUT2D eigenvalue weighted by atomic mass is 10.1. The number of methoxy groups -OCH3 is 1. The Kier molecular flexibility index (Phi) is 4.43. The molecule has 1 aromatic heterocycles. The molecule has 0 aliphatic heterocycles. The van der Waals surface area contributed by atoms with Gasteiger partial charge in [0, 0.05) is 22.8 Å². The van der Waals surface area contributed by atoms with Crippen LogP contribution < -0.4 is 15.6 Å². The zero-order chi connectivity index (χ0) is 16.9. The summed E-state index contributed by atoms with van der Waals surface area (Å²) in [4.78, 5) is 26.8. The highest BCUT2D eigenvalue weighted by molar-refractivity contribution is 6.02. The third kappa shape index (κ3) is 3.52. The zero-order valence-corrected chi connectivity index (χ0v) is 13.1. The average molecular weight is 320 g/mol. The van der Waals surface area contributed by atoms with Crippen molar-refractivity contribution in [3.8, 4) is 5.75 Å². The summed E-state index contributed by atoms with van der Waals surface area (Å²) in [5.41, 5.74) is 1.61. The topological polar surface area (TPSA) is 71.2 Å². The number of carbonyl (C=O) groups is 1. The summed E-state index contributed by atoms with van der Waals surface area (Å²) in [7, 11) is 1.58. The second-order valence-electron chi connectivity index (χ2n) is 5.19. The first-order valence-corrected chi connectivity index (χ1v) is 7.41. The highest BCUT2D eigenvalue weighted by Gasteiger charge is 2.02. The highest BCUT2D eigenvalue weighted by Crippen LogP contribution is 2.15. The number of carbonyl (C=O) groups excluding carboxylic acids is 1. The van der Waals surface area contributed by atoms with E-state index in [0.29, 0.717) is 17.0 Å². The molecule has 0 aliphatic rings. The number of ether oxygens (including phenoxy) is 1. The number of fused-ring (bicyclic) bond motifs is 1. The summed E-state index contributed by atoms with van der Waals surface area (Å²) in [5.74, 6) is 0.402. The van der Waals surface area contributed by atoms with Gasteiger partial charge >= 0.3 is 0 Å². The molecule has 0 bridgehead atoms. The predicted octanol–water partition coefficient (Wildman–Crippen LogP) is 3.19. The van der Waals surface area contributed by atoms with Gasteiger partial charge in [-0.2, -0.15) is 0 Å². The average Bonchev–Trinajstić information content (AvgIpc) is 2.60. The van der Waals surface area contributed by atoms with Gasteiger partial charge in [0.1, 0.15) is 5.75 Å². The van der Waals surface area contributed by atoms with E-state index in [1.54, 1.807) is 37.4 Å². The van der Waals surface area contributed by atoms with Gasteiger partial charge < -0.3 is 15.0 Å². The van der Waals surface area contributed by atoms with Gasteiger partial charge in [0.05, 0.1) is 7.11 Å². The predicted molar refractivity (Wildman–Crippen MR) is 95.2 cm³/mol. The first-order chi connectivity index (χ1) is 11.7. The van der Waals surface area contributed by atoms with Crippen LogP contribution in [0.3, 0.4) is 0 Å². The van der Waals surface area contributed by atoms with Gasteiger partial charge in [0.15, 0.2) is 0 Å². The fourth-order valence-corrected chi connectivity index (χ4v) is 2.31. The lowest BCUT2D eigenvalue weighted by Gasteiger charge is -2.04. The number of aromatic amines is 1. The van der Waals surface area contributed by atoms with Gasteiger partial charge in [0.25, 0.3) is 5.56 Å². The standard InChI is InChI=1S/C19H16N2O3/c1-24-16-9-7-15(8-10-16)20-18(22)11-6-14-12-13-4-2-3-5-17(13)21-19(14)23/h2-12H,1H3,(H,20,22)(H,21,23)/b11-6+. The van der Waals surface area contributed by atoms with Gasteiger partial charge in [-0.1, -0.05) is 18.2 Å². The maximum atomic E-state index is 12.0. The monoisotopic (exact) mass is 320 g/mol. The Bertz CT molecular complexity index is 956. The number of aromatic nitrogens is 1. The maximum Gasteiger partial charge on any atom is 0.255 e. The van der Waals surface area contributed by atoms with Gasteiger partial charge in [-0.05, 0) is 47.9 Å². The minimum atomic E-state index is -0.312. The Morgan fingerprint density at radius 3 is 2.62 bits per heavy atom. The Labute approximate surface area is 138 Å². The number of para-hydroxylation sites is 1. The van der Waals surface area contributed by atoms with Crippen LogP contribution in [0.4, 0.5) is 5.69 Å². The second kappa shape index (κ2) is 6.83. The van der Waals surface area contributed by atoms with Crippen molar-refractivity contribution in [1.82, 2.24) is 4.98 Å². The van der Waals surface area contributed by atoms with Crippen molar-refractivity contribution in [2.45, 2.75) is 0 Å². The highest BCUT2D eigenvalue weighted by atomic mass is 16.5. The Hall–Kier alpha value is -3.34. The molecule has 3 rings (SSSR count). The number of hydrogen-bond donors (Lipinski definition) is 2. The molecule has 0 saturated heterocycles. The van der Waals surface area contributed by atoms with Crippen molar-refractivity contribution in [3.05, 3.63) is 76.6 Å². The molecular weight excluding hydrogens is 304 g/mol. The summed E-state index contributed by atoms with van der Waals surface area (Å²) >= 11 is 0. The molecule has 120 valence electrons. The van der Waals surface area contributed by atoms with Crippen LogP contribution in [0.2, 0.25) is 0 Å². The number of nitrogens with one attached hydrogen (secondary N) is 2. The minimum absolute atomic E-state index is 0.234. The molecule has 2 aromatic carbocycles. The van der Waals surface area contributed by atoms with Crippen LogP contribution in [0, 0.1) is 0 Å². The van der Waals surface area contributed by atoms with Gasteiger partial charge in [-0.3, -0.25) is 9.59 Å². The largest absolute Gasteiger partial charge is 0.497 e. The van der Waals surface area contributed by atoms with E-state index < -0.39 is 0 Å². The zero-order valence-electron chi connectivity index (χ0n) is 13.1.